The van der Waals surface area contributed by atoms with Crippen molar-refractivity contribution in [3.63, 3.8) is 0 Å². The number of hydrogen-bond donors (Lipinski definition) is 3. The van der Waals surface area contributed by atoms with Crippen LogP contribution in [-0.4, -0.2) is 34.5 Å². The van der Waals surface area contributed by atoms with Crippen molar-refractivity contribution in [2.45, 2.75) is 61.7 Å². The zero-order valence-corrected chi connectivity index (χ0v) is 18.3. The van der Waals surface area contributed by atoms with Crippen LogP contribution in [0.2, 0.25) is 0 Å². The highest BCUT2D eigenvalue weighted by Crippen LogP contribution is 2.28. The van der Waals surface area contributed by atoms with Crippen LogP contribution in [0.1, 0.15) is 55.4 Å². The van der Waals surface area contributed by atoms with E-state index in [2.05, 4.69) is 84.3 Å². The van der Waals surface area contributed by atoms with Crippen molar-refractivity contribution in [3.05, 3.63) is 59.1 Å². The molecule has 0 aromatic carbocycles. The van der Waals surface area contributed by atoms with Crippen molar-refractivity contribution in [2.24, 2.45) is 10.8 Å². The summed E-state index contributed by atoms with van der Waals surface area (Å²) < 4.78 is 0. The molecule has 0 unspecified atom stereocenters. The van der Waals surface area contributed by atoms with Gasteiger partial charge in [-0.2, -0.15) is 0 Å². The second-order valence-electron chi connectivity index (χ2n) is 9.56. The van der Waals surface area contributed by atoms with E-state index in [1.807, 2.05) is 6.08 Å². The maximum atomic E-state index is 9.34. The summed E-state index contributed by atoms with van der Waals surface area (Å²) in [6.07, 6.45) is 6.52. The fourth-order valence-corrected chi connectivity index (χ4v) is 2.47. The molecule has 3 N–H and O–H groups in total. The SMILES string of the molecule is C=C(/C(C)=C\C=C(/C)C(C)(C)C)N(CC(C)(C)C)C1=CC=C(C(O)O)CN1. The van der Waals surface area contributed by atoms with E-state index < -0.39 is 6.29 Å². The molecule has 1 aliphatic heterocycles. The Balaban J connectivity index is 3.16. The van der Waals surface area contributed by atoms with Crippen molar-refractivity contribution in [3.8, 4) is 0 Å². The summed E-state index contributed by atoms with van der Waals surface area (Å²) in [5.41, 5.74) is 4.12. The largest absolute Gasteiger partial charge is 0.368 e. The third kappa shape index (κ3) is 7.39. The molecule has 0 fully saturated rings. The molecule has 1 rings (SSSR count). The third-order valence-corrected chi connectivity index (χ3v) is 4.73. The summed E-state index contributed by atoms with van der Waals surface area (Å²) in [6.45, 7) is 23.0. The molecule has 1 heterocycles. The Morgan fingerprint density at radius 2 is 1.74 bits per heavy atom. The molecule has 152 valence electrons. The molecular weight excluding hydrogens is 336 g/mol. The van der Waals surface area contributed by atoms with Gasteiger partial charge in [0.1, 0.15) is 5.82 Å². The van der Waals surface area contributed by atoms with Crippen molar-refractivity contribution < 1.29 is 10.2 Å². The summed E-state index contributed by atoms with van der Waals surface area (Å²) in [6, 6.07) is 0. The molecular formula is C23H38N2O2. The van der Waals surface area contributed by atoms with E-state index in [1.54, 1.807) is 6.08 Å². The molecule has 27 heavy (non-hydrogen) atoms. The van der Waals surface area contributed by atoms with Gasteiger partial charge in [-0.25, -0.2) is 0 Å². The Kier molecular flexibility index (Phi) is 7.70. The fraction of sp³-hybridized carbons (Fsp3) is 0.565. The zero-order chi connectivity index (χ0) is 21.0. The van der Waals surface area contributed by atoms with Gasteiger partial charge in [0.05, 0.1) is 0 Å². The molecule has 4 nitrogen and oxygen atoms in total. The van der Waals surface area contributed by atoms with Gasteiger partial charge in [0, 0.05) is 24.4 Å². The smallest absolute Gasteiger partial charge is 0.176 e. The highest BCUT2D eigenvalue weighted by molar-refractivity contribution is 5.35. The van der Waals surface area contributed by atoms with E-state index >= 15 is 0 Å². The van der Waals surface area contributed by atoms with E-state index in [0.29, 0.717) is 12.1 Å². The molecule has 0 bridgehead atoms. The minimum atomic E-state index is -1.43. The predicted octanol–water partition coefficient (Wildman–Crippen LogP) is 4.47. The van der Waals surface area contributed by atoms with E-state index in [9.17, 15) is 10.2 Å². The Bertz CT molecular complexity index is 665. The minimum Gasteiger partial charge on any atom is -0.368 e. The van der Waals surface area contributed by atoms with Crippen LogP contribution >= 0.6 is 0 Å². The van der Waals surface area contributed by atoms with Crippen LogP contribution in [0.4, 0.5) is 0 Å². The quantitative estimate of drug-likeness (QED) is 0.474. The monoisotopic (exact) mass is 374 g/mol. The van der Waals surface area contributed by atoms with Gasteiger partial charge >= 0.3 is 0 Å². The number of aliphatic hydroxyl groups is 2. The topological polar surface area (TPSA) is 55.7 Å². The number of allylic oxidation sites excluding steroid dienone is 6. The Hall–Kier alpha value is -1.78. The third-order valence-electron chi connectivity index (χ3n) is 4.73. The van der Waals surface area contributed by atoms with Gasteiger partial charge in [0.2, 0.25) is 0 Å². The van der Waals surface area contributed by atoms with Crippen molar-refractivity contribution in [1.82, 2.24) is 10.2 Å². The number of nitrogens with one attached hydrogen (secondary N) is 1. The first-order valence-corrected chi connectivity index (χ1v) is 9.55. The lowest BCUT2D eigenvalue weighted by molar-refractivity contribution is -0.00950. The predicted molar refractivity (Wildman–Crippen MR) is 115 cm³/mol. The standard InChI is InChI=1S/C23H38N2O2/c1-16(10-11-17(2)23(7,8)9)18(3)25(15-22(4,5)6)20-13-12-19(14-24-20)21(26)27/h10-13,21,24,26-27H,3,14-15H2,1-2,4-9H3/b16-10-,17-11+. The molecule has 0 aliphatic carbocycles. The van der Waals surface area contributed by atoms with E-state index in [0.717, 1.165) is 23.6 Å². The lowest BCUT2D eigenvalue weighted by Crippen LogP contribution is -2.39. The number of hydrogen-bond acceptors (Lipinski definition) is 4. The van der Waals surface area contributed by atoms with Gasteiger partial charge in [-0.15, -0.1) is 0 Å². The second kappa shape index (κ2) is 8.94. The molecule has 0 aromatic heterocycles. The van der Waals surface area contributed by atoms with Crippen LogP contribution in [0, 0.1) is 10.8 Å². The van der Waals surface area contributed by atoms with Crippen LogP contribution in [0.5, 0.6) is 0 Å². The van der Waals surface area contributed by atoms with E-state index in [-0.39, 0.29) is 10.8 Å². The Morgan fingerprint density at radius 3 is 2.15 bits per heavy atom. The molecule has 0 aromatic rings. The number of aliphatic hydroxyl groups excluding tert-OH is 1. The summed E-state index contributed by atoms with van der Waals surface area (Å²) in [4.78, 5) is 2.17. The van der Waals surface area contributed by atoms with E-state index in [1.165, 1.54) is 5.57 Å². The Labute approximate surface area is 165 Å². The zero-order valence-electron chi connectivity index (χ0n) is 18.3. The summed E-state index contributed by atoms with van der Waals surface area (Å²) in [5, 5.41) is 22.0. The maximum absolute atomic E-state index is 9.34. The summed E-state index contributed by atoms with van der Waals surface area (Å²) in [5.74, 6) is 0.920. The van der Waals surface area contributed by atoms with Gasteiger partial charge in [0.15, 0.2) is 6.29 Å². The molecule has 0 atom stereocenters. The van der Waals surface area contributed by atoms with E-state index in [4.69, 9.17) is 0 Å². The van der Waals surface area contributed by atoms with Gasteiger partial charge in [-0.1, -0.05) is 71.9 Å². The first kappa shape index (κ1) is 23.3. The summed E-state index contributed by atoms with van der Waals surface area (Å²) in [7, 11) is 0. The fourth-order valence-electron chi connectivity index (χ4n) is 2.47. The Morgan fingerprint density at radius 1 is 1.15 bits per heavy atom. The minimum absolute atomic E-state index is 0.0728. The van der Waals surface area contributed by atoms with Gasteiger partial charge in [0.25, 0.3) is 0 Å². The number of dihydropyridines is 1. The number of rotatable bonds is 6. The highest BCUT2D eigenvalue weighted by atomic mass is 16.5. The van der Waals surface area contributed by atoms with Crippen LogP contribution in [-0.2, 0) is 0 Å². The first-order valence-electron chi connectivity index (χ1n) is 9.55. The van der Waals surface area contributed by atoms with Crippen molar-refractivity contribution in [1.29, 1.82) is 0 Å². The normalized spacial score (nSPS) is 16.7. The lowest BCUT2D eigenvalue weighted by Gasteiger charge is -2.36. The van der Waals surface area contributed by atoms with Crippen LogP contribution < -0.4 is 5.32 Å². The highest BCUT2D eigenvalue weighted by Gasteiger charge is 2.23. The molecule has 0 amide bonds. The van der Waals surface area contributed by atoms with Crippen LogP contribution in [0.15, 0.2) is 59.1 Å². The van der Waals surface area contributed by atoms with Crippen molar-refractivity contribution in [2.75, 3.05) is 13.1 Å². The molecule has 1 aliphatic rings. The maximum Gasteiger partial charge on any atom is 0.176 e. The first-order chi connectivity index (χ1) is 12.2. The average Bonchev–Trinajstić information content (AvgIpc) is 2.55. The average molecular weight is 375 g/mol. The molecule has 0 radical (unpaired) electrons. The number of nitrogens with zero attached hydrogens (tertiary/aromatic N) is 1. The molecule has 0 spiro atoms. The van der Waals surface area contributed by atoms with Gasteiger partial charge in [-0.05, 0) is 36.3 Å². The molecule has 4 heteroatoms. The lowest BCUT2D eigenvalue weighted by atomic mass is 9.87. The summed E-state index contributed by atoms with van der Waals surface area (Å²) >= 11 is 0. The molecule has 0 saturated carbocycles. The van der Waals surface area contributed by atoms with Crippen molar-refractivity contribution >= 4 is 0 Å². The van der Waals surface area contributed by atoms with Crippen LogP contribution in [0.3, 0.4) is 0 Å². The van der Waals surface area contributed by atoms with Gasteiger partial charge in [-0.3, -0.25) is 0 Å². The molecule has 0 saturated heterocycles. The second-order valence-corrected chi connectivity index (χ2v) is 9.56. The van der Waals surface area contributed by atoms with Crippen LogP contribution in [0.25, 0.3) is 0 Å². The van der Waals surface area contributed by atoms with Gasteiger partial charge < -0.3 is 20.4 Å².